The quantitative estimate of drug-likeness (QED) is 0.433. The van der Waals surface area contributed by atoms with Crippen molar-refractivity contribution in [2.75, 3.05) is 0 Å². The van der Waals surface area contributed by atoms with Crippen LogP contribution < -0.4 is 11.2 Å². The van der Waals surface area contributed by atoms with E-state index < -0.39 is 0 Å². The van der Waals surface area contributed by atoms with Crippen molar-refractivity contribution in [2.24, 2.45) is 10.8 Å². The number of nitrogens with zero attached hydrogens (tertiary/aromatic N) is 2. The van der Waals surface area contributed by atoms with Crippen LogP contribution in [0.4, 0.5) is 0 Å². The average Bonchev–Trinajstić information content (AvgIpc) is 2.87. The highest BCUT2D eigenvalue weighted by Gasteiger charge is 2.07. The Balaban J connectivity index is 2.00. The van der Waals surface area contributed by atoms with E-state index in [9.17, 15) is 0 Å². The molecule has 3 N–H and O–H groups in total. The molecule has 3 aromatic rings. The highest BCUT2D eigenvalue weighted by atomic mass is 35.5. The van der Waals surface area contributed by atoms with E-state index in [0.29, 0.717) is 0 Å². The fourth-order valence-corrected chi connectivity index (χ4v) is 2.63. The van der Waals surface area contributed by atoms with Crippen molar-refractivity contribution in [3.05, 3.63) is 70.9 Å². The Hall–Kier alpha value is -2.37. The number of benzene rings is 2. The van der Waals surface area contributed by atoms with Gasteiger partial charge in [0.25, 0.3) is 0 Å². The summed E-state index contributed by atoms with van der Waals surface area (Å²) < 4.78 is 2.18. The van der Waals surface area contributed by atoms with E-state index in [0.717, 1.165) is 33.7 Å². The fraction of sp³-hybridized carbons (Fsp3) is 0.0588. The Labute approximate surface area is 144 Å². The van der Waals surface area contributed by atoms with Gasteiger partial charge in [-0.05, 0) is 42.0 Å². The molecule has 0 radical (unpaired) electrons. The second-order valence-electron chi connectivity index (χ2n) is 5.07. The summed E-state index contributed by atoms with van der Waals surface area (Å²) in [5, 5.41) is 6.09. The van der Waals surface area contributed by atoms with Gasteiger partial charge in [0, 0.05) is 22.5 Å². The topological polar surface area (TPSA) is 55.3 Å². The summed E-state index contributed by atoms with van der Waals surface area (Å²) in [6.45, 7) is 0.721. The molecule has 0 aliphatic rings. The minimum absolute atomic E-state index is 0.140. The zero-order chi connectivity index (χ0) is 16.2. The van der Waals surface area contributed by atoms with E-state index in [1.165, 1.54) is 0 Å². The molecule has 0 fully saturated rings. The molecule has 2 aromatic carbocycles. The molecule has 0 aliphatic heterocycles. The second kappa shape index (κ2) is 6.81. The summed E-state index contributed by atoms with van der Waals surface area (Å²) in [4.78, 5) is 0. The fourth-order valence-electron chi connectivity index (χ4n) is 2.45. The van der Waals surface area contributed by atoms with Crippen LogP contribution in [0.5, 0.6) is 0 Å². The van der Waals surface area contributed by atoms with Crippen LogP contribution in [0, 0.1) is 0 Å². The summed E-state index contributed by atoms with van der Waals surface area (Å²) in [6, 6.07) is 18.1. The van der Waals surface area contributed by atoms with Crippen LogP contribution in [0.3, 0.4) is 0 Å². The minimum Gasteiger partial charge on any atom is -0.375 e. The third-order valence-electron chi connectivity index (χ3n) is 3.47. The van der Waals surface area contributed by atoms with Crippen LogP contribution in [0.15, 0.2) is 59.7 Å². The lowest BCUT2D eigenvalue weighted by molar-refractivity contribution is 0.829. The SMILES string of the molecule is NC(=S)NN=Cc1cc2ccccc2n1Cc1ccc(Cl)cc1. The molecule has 0 aliphatic carbocycles. The van der Waals surface area contributed by atoms with Crippen LogP contribution in [0.2, 0.25) is 5.02 Å². The van der Waals surface area contributed by atoms with Crippen LogP contribution in [-0.4, -0.2) is 15.9 Å². The number of hydrogen-bond acceptors (Lipinski definition) is 2. The minimum atomic E-state index is 0.140. The van der Waals surface area contributed by atoms with E-state index in [4.69, 9.17) is 29.6 Å². The lowest BCUT2D eigenvalue weighted by Crippen LogP contribution is -2.24. The average molecular weight is 343 g/mol. The van der Waals surface area contributed by atoms with E-state index >= 15 is 0 Å². The second-order valence-corrected chi connectivity index (χ2v) is 5.95. The monoisotopic (exact) mass is 342 g/mol. The van der Waals surface area contributed by atoms with Gasteiger partial charge >= 0.3 is 0 Å². The third kappa shape index (κ3) is 3.70. The standard InChI is InChI=1S/C17H15ClN4S/c18-14-7-5-12(6-8-14)11-22-15(10-20-21-17(19)23)9-13-3-1-2-4-16(13)22/h1-10H,11H2,(H3,19,21,23). The molecule has 0 amide bonds. The first-order chi connectivity index (χ1) is 11.1. The van der Waals surface area contributed by atoms with Crippen LogP contribution in [0.1, 0.15) is 11.3 Å². The zero-order valence-corrected chi connectivity index (χ0v) is 13.8. The van der Waals surface area contributed by atoms with E-state index in [1.54, 1.807) is 6.21 Å². The molecular weight excluding hydrogens is 328 g/mol. The Bertz CT molecular complexity index is 868. The third-order valence-corrected chi connectivity index (χ3v) is 3.81. The Morgan fingerprint density at radius 3 is 2.70 bits per heavy atom. The molecule has 0 atom stereocenters. The van der Waals surface area contributed by atoms with E-state index in [1.807, 2.05) is 36.4 Å². The molecule has 4 nitrogen and oxygen atoms in total. The van der Waals surface area contributed by atoms with E-state index in [-0.39, 0.29) is 5.11 Å². The van der Waals surface area contributed by atoms with Crippen molar-refractivity contribution < 1.29 is 0 Å². The number of para-hydroxylation sites is 1. The van der Waals surface area contributed by atoms with Gasteiger partial charge in [-0.3, -0.25) is 5.43 Å². The normalized spacial score (nSPS) is 11.2. The van der Waals surface area contributed by atoms with Gasteiger partial charge in [-0.25, -0.2) is 0 Å². The number of nitrogens with two attached hydrogens (primary N) is 1. The maximum Gasteiger partial charge on any atom is 0.184 e. The predicted octanol–water partition coefficient (Wildman–Crippen LogP) is 3.51. The summed E-state index contributed by atoms with van der Waals surface area (Å²) in [5.41, 5.74) is 11.2. The maximum atomic E-state index is 5.96. The van der Waals surface area contributed by atoms with Gasteiger partial charge in [0.2, 0.25) is 0 Å². The van der Waals surface area contributed by atoms with Crippen LogP contribution >= 0.6 is 23.8 Å². The van der Waals surface area contributed by atoms with Crippen molar-refractivity contribution in [1.29, 1.82) is 0 Å². The molecule has 6 heteroatoms. The highest BCUT2D eigenvalue weighted by molar-refractivity contribution is 7.80. The molecule has 1 aromatic heterocycles. The lowest BCUT2D eigenvalue weighted by atomic mass is 10.2. The number of aromatic nitrogens is 1. The molecule has 116 valence electrons. The molecule has 3 rings (SSSR count). The number of hydrazone groups is 1. The lowest BCUT2D eigenvalue weighted by Gasteiger charge is -2.09. The van der Waals surface area contributed by atoms with Crippen LogP contribution in [-0.2, 0) is 6.54 Å². The molecule has 23 heavy (non-hydrogen) atoms. The first-order valence-electron chi connectivity index (χ1n) is 7.05. The smallest absolute Gasteiger partial charge is 0.184 e. The maximum absolute atomic E-state index is 5.96. The van der Waals surface area contributed by atoms with Crippen molar-refractivity contribution >= 4 is 46.0 Å². The molecule has 0 saturated heterocycles. The Morgan fingerprint density at radius 2 is 1.96 bits per heavy atom. The first kappa shape index (κ1) is 15.5. The largest absolute Gasteiger partial charge is 0.375 e. The predicted molar refractivity (Wildman–Crippen MR) is 100 cm³/mol. The van der Waals surface area contributed by atoms with Gasteiger partial charge in [0.1, 0.15) is 0 Å². The molecule has 1 heterocycles. The van der Waals surface area contributed by atoms with Crippen molar-refractivity contribution in [2.45, 2.75) is 6.54 Å². The molecule has 0 bridgehead atoms. The molecule has 0 spiro atoms. The number of rotatable bonds is 4. The van der Waals surface area contributed by atoms with Gasteiger partial charge in [0.15, 0.2) is 5.11 Å². The highest BCUT2D eigenvalue weighted by Crippen LogP contribution is 2.21. The molecule has 0 saturated carbocycles. The number of halogens is 1. The van der Waals surface area contributed by atoms with Gasteiger partial charge < -0.3 is 10.3 Å². The molecule has 0 unspecified atom stereocenters. The number of thiocarbonyl (C=S) groups is 1. The number of hydrogen-bond donors (Lipinski definition) is 2. The van der Waals surface area contributed by atoms with E-state index in [2.05, 4.69) is 33.3 Å². The van der Waals surface area contributed by atoms with Crippen LogP contribution in [0.25, 0.3) is 10.9 Å². The Morgan fingerprint density at radius 1 is 1.22 bits per heavy atom. The zero-order valence-electron chi connectivity index (χ0n) is 12.2. The van der Waals surface area contributed by atoms with Crippen molar-refractivity contribution in [1.82, 2.24) is 9.99 Å². The van der Waals surface area contributed by atoms with Gasteiger partial charge in [-0.15, -0.1) is 0 Å². The number of fused-ring (bicyclic) bond motifs is 1. The Kier molecular flexibility index (Phi) is 4.60. The van der Waals surface area contributed by atoms with Crippen molar-refractivity contribution in [3.8, 4) is 0 Å². The summed E-state index contributed by atoms with van der Waals surface area (Å²) in [7, 11) is 0. The summed E-state index contributed by atoms with van der Waals surface area (Å²) in [6.07, 6.45) is 1.72. The van der Waals surface area contributed by atoms with Gasteiger partial charge in [-0.2, -0.15) is 5.10 Å². The number of nitrogens with one attached hydrogen (secondary N) is 1. The summed E-state index contributed by atoms with van der Waals surface area (Å²) >= 11 is 10.7. The molecular formula is C17H15ClN4S. The van der Waals surface area contributed by atoms with Gasteiger partial charge in [-0.1, -0.05) is 41.9 Å². The van der Waals surface area contributed by atoms with Gasteiger partial charge in [0.05, 0.1) is 11.9 Å². The first-order valence-corrected chi connectivity index (χ1v) is 7.83. The summed E-state index contributed by atoms with van der Waals surface area (Å²) in [5.74, 6) is 0. The van der Waals surface area contributed by atoms with Crippen molar-refractivity contribution in [3.63, 3.8) is 0 Å².